The number of halogens is 1. The number of aliphatic hydroxyl groups excluding tert-OH is 2. The summed E-state index contributed by atoms with van der Waals surface area (Å²) in [6.07, 6.45) is 0.799. The number of sulfonamides is 1. The van der Waals surface area contributed by atoms with Crippen LogP contribution in [0.2, 0.25) is 0 Å². The lowest BCUT2D eigenvalue weighted by Crippen LogP contribution is -2.55. The van der Waals surface area contributed by atoms with Gasteiger partial charge in [0, 0.05) is 32.6 Å². The summed E-state index contributed by atoms with van der Waals surface area (Å²) in [5.41, 5.74) is 0.132. The first kappa shape index (κ1) is 21.2. The standard InChI is InChI=1S/C18H29FN2O4S/c1-20(2)26(24,25)11-3-9-21-10-8-17(23)18(13-21,14-22)12-15-4-6-16(19)7-5-15/h4-7,17,22-23H,3,8-14H2,1-2H3/t17-,18-/m0/s1. The van der Waals surface area contributed by atoms with Crippen LogP contribution in [0.4, 0.5) is 4.39 Å². The highest BCUT2D eigenvalue weighted by Crippen LogP contribution is 2.34. The second kappa shape index (κ2) is 8.75. The Hall–Kier alpha value is -1.06. The lowest BCUT2D eigenvalue weighted by atomic mass is 9.73. The van der Waals surface area contributed by atoms with Crippen molar-refractivity contribution in [3.63, 3.8) is 0 Å². The lowest BCUT2D eigenvalue weighted by molar-refractivity contribution is -0.0746. The summed E-state index contributed by atoms with van der Waals surface area (Å²) in [5.74, 6) is -0.247. The average Bonchev–Trinajstić information content (AvgIpc) is 2.59. The molecule has 0 spiro atoms. The molecule has 1 aliphatic heterocycles. The van der Waals surface area contributed by atoms with E-state index >= 15 is 0 Å². The van der Waals surface area contributed by atoms with Crippen LogP contribution >= 0.6 is 0 Å². The third-order valence-electron chi connectivity index (χ3n) is 5.18. The van der Waals surface area contributed by atoms with E-state index in [9.17, 15) is 23.0 Å². The molecule has 0 amide bonds. The molecule has 2 atom stereocenters. The van der Waals surface area contributed by atoms with E-state index in [0.717, 1.165) is 5.56 Å². The van der Waals surface area contributed by atoms with E-state index in [2.05, 4.69) is 4.90 Å². The van der Waals surface area contributed by atoms with Gasteiger partial charge in [-0.15, -0.1) is 0 Å². The van der Waals surface area contributed by atoms with Gasteiger partial charge < -0.3 is 15.1 Å². The van der Waals surface area contributed by atoms with E-state index in [0.29, 0.717) is 38.9 Å². The summed E-state index contributed by atoms with van der Waals surface area (Å²) < 4.78 is 38.1. The molecule has 6 nitrogen and oxygen atoms in total. The van der Waals surface area contributed by atoms with Crippen LogP contribution in [0.3, 0.4) is 0 Å². The molecule has 1 aromatic carbocycles. The first-order valence-corrected chi connectivity index (χ1v) is 10.5. The highest BCUT2D eigenvalue weighted by Gasteiger charge is 2.42. The van der Waals surface area contributed by atoms with Gasteiger partial charge in [0.05, 0.1) is 18.5 Å². The highest BCUT2D eigenvalue weighted by atomic mass is 32.2. The van der Waals surface area contributed by atoms with Crippen molar-refractivity contribution in [3.8, 4) is 0 Å². The fourth-order valence-corrected chi connectivity index (χ4v) is 4.34. The van der Waals surface area contributed by atoms with Gasteiger partial charge in [0.1, 0.15) is 5.82 Å². The minimum atomic E-state index is -3.22. The third kappa shape index (κ3) is 5.23. The van der Waals surface area contributed by atoms with Crippen molar-refractivity contribution >= 4 is 10.0 Å². The monoisotopic (exact) mass is 388 g/mol. The normalized spacial score (nSPS) is 24.9. The van der Waals surface area contributed by atoms with E-state index < -0.39 is 21.5 Å². The Kier molecular flexibility index (Phi) is 7.15. The molecule has 148 valence electrons. The summed E-state index contributed by atoms with van der Waals surface area (Å²) in [7, 11) is -0.185. The second-order valence-electron chi connectivity index (χ2n) is 7.36. The average molecular weight is 389 g/mol. The van der Waals surface area contributed by atoms with Crippen molar-refractivity contribution in [2.24, 2.45) is 5.41 Å². The molecule has 0 aliphatic carbocycles. The van der Waals surface area contributed by atoms with E-state index in [1.54, 1.807) is 12.1 Å². The number of likely N-dealkylation sites (tertiary alicyclic amines) is 1. The lowest BCUT2D eigenvalue weighted by Gasteiger charge is -2.45. The molecule has 1 saturated heterocycles. The molecule has 1 heterocycles. The molecular formula is C18H29FN2O4S. The van der Waals surface area contributed by atoms with Crippen LogP contribution in [0.15, 0.2) is 24.3 Å². The molecule has 0 bridgehead atoms. The second-order valence-corrected chi connectivity index (χ2v) is 9.66. The highest BCUT2D eigenvalue weighted by molar-refractivity contribution is 7.89. The van der Waals surface area contributed by atoms with Gasteiger partial charge in [-0.3, -0.25) is 0 Å². The zero-order chi connectivity index (χ0) is 19.4. The van der Waals surface area contributed by atoms with Crippen LogP contribution < -0.4 is 0 Å². The zero-order valence-electron chi connectivity index (χ0n) is 15.4. The predicted molar refractivity (Wildman–Crippen MR) is 98.8 cm³/mol. The topological polar surface area (TPSA) is 81.1 Å². The minimum absolute atomic E-state index is 0.0726. The van der Waals surface area contributed by atoms with Crippen LogP contribution in [-0.2, 0) is 16.4 Å². The smallest absolute Gasteiger partial charge is 0.213 e. The maximum Gasteiger partial charge on any atom is 0.213 e. The molecule has 0 radical (unpaired) electrons. The zero-order valence-corrected chi connectivity index (χ0v) is 16.3. The van der Waals surface area contributed by atoms with Gasteiger partial charge in [-0.05, 0) is 43.5 Å². The number of nitrogens with zero attached hydrogens (tertiary/aromatic N) is 2. The van der Waals surface area contributed by atoms with Gasteiger partial charge in [-0.1, -0.05) is 12.1 Å². The van der Waals surface area contributed by atoms with Gasteiger partial charge in [0.2, 0.25) is 10.0 Å². The molecule has 0 saturated carbocycles. The molecular weight excluding hydrogens is 359 g/mol. The van der Waals surface area contributed by atoms with Crippen molar-refractivity contribution < 1.29 is 23.0 Å². The van der Waals surface area contributed by atoms with Crippen molar-refractivity contribution in [2.45, 2.75) is 25.4 Å². The fraction of sp³-hybridized carbons (Fsp3) is 0.667. The molecule has 1 fully saturated rings. The molecule has 2 N–H and O–H groups in total. The fourth-order valence-electron chi connectivity index (χ4n) is 3.48. The largest absolute Gasteiger partial charge is 0.396 e. The molecule has 1 aromatic rings. The predicted octanol–water partition coefficient (Wildman–Crippen LogP) is 0.695. The number of hydrogen-bond donors (Lipinski definition) is 2. The summed E-state index contributed by atoms with van der Waals surface area (Å²) >= 11 is 0. The minimum Gasteiger partial charge on any atom is -0.396 e. The van der Waals surface area contributed by atoms with Gasteiger partial charge in [0.25, 0.3) is 0 Å². The molecule has 0 aromatic heterocycles. The van der Waals surface area contributed by atoms with Crippen LogP contribution in [0.1, 0.15) is 18.4 Å². The van der Waals surface area contributed by atoms with Crippen LogP contribution in [-0.4, -0.2) is 80.0 Å². The van der Waals surface area contributed by atoms with Gasteiger partial charge in [-0.2, -0.15) is 0 Å². The number of hydrogen-bond acceptors (Lipinski definition) is 5. The van der Waals surface area contributed by atoms with Crippen molar-refractivity contribution in [1.29, 1.82) is 0 Å². The Balaban J connectivity index is 2.01. The maximum atomic E-state index is 13.1. The third-order valence-corrected chi connectivity index (χ3v) is 7.10. The summed E-state index contributed by atoms with van der Waals surface area (Å²) in [6.45, 7) is 1.54. The number of piperidine rings is 1. The number of benzene rings is 1. The Morgan fingerprint density at radius 2 is 1.96 bits per heavy atom. The van der Waals surface area contributed by atoms with E-state index in [1.165, 1.54) is 30.5 Å². The van der Waals surface area contributed by atoms with Crippen LogP contribution in [0.5, 0.6) is 0 Å². The summed E-state index contributed by atoms with van der Waals surface area (Å²) in [6, 6.07) is 6.09. The quantitative estimate of drug-likeness (QED) is 0.685. The summed E-state index contributed by atoms with van der Waals surface area (Å²) in [5, 5.41) is 20.5. The Labute approximate surface area is 155 Å². The molecule has 8 heteroatoms. The van der Waals surface area contributed by atoms with Crippen LogP contribution in [0.25, 0.3) is 0 Å². The van der Waals surface area contributed by atoms with E-state index in [-0.39, 0.29) is 18.2 Å². The molecule has 1 aliphatic rings. The number of aliphatic hydroxyl groups is 2. The Morgan fingerprint density at radius 1 is 1.31 bits per heavy atom. The van der Waals surface area contributed by atoms with Gasteiger partial charge in [-0.25, -0.2) is 17.1 Å². The van der Waals surface area contributed by atoms with Crippen molar-refractivity contribution in [3.05, 3.63) is 35.6 Å². The molecule has 0 unspecified atom stereocenters. The van der Waals surface area contributed by atoms with Crippen molar-refractivity contribution in [2.75, 3.05) is 46.1 Å². The van der Waals surface area contributed by atoms with E-state index in [4.69, 9.17) is 0 Å². The first-order valence-electron chi connectivity index (χ1n) is 8.84. The summed E-state index contributed by atoms with van der Waals surface area (Å²) in [4.78, 5) is 2.09. The van der Waals surface area contributed by atoms with Crippen LogP contribution in [0, 0.1) is 11.2 Å². The maximum absolute atomic E-state index is 13.1. The van der Waals surface area contributed by atoms with Crippen molar-refractivity contribution in [1.82, 2.24) is 9.21 Å². The van der Waals surface area contributed by atoms with Gasteiger partial charge in [0.15, 0.2) is 0 Å². The first-order chi connectivity index (χ1) is 12.2. The number of rotatable bonds is 8. The van der Waals surface area contributed by atoms with Gasteiger partial charge >= 0.3 is 0 Å². The Bertz CT molecular complexity index is 681. The SMILES string of the molecule is CN(C)S(=O)(=O)CCCN1CC[C@H](O)[C@@](CO)(Cc2ccc(F)cc2)C1. The molecule has 2 rings (SSSR count). The van der Waals surface area contributed by atoms with E-state index in [1.807, 2.05) is 0 Å². The molecule has 26 heavy (non-hydrogen) atoms. The Morgan fingerprint density at radius 3 is 2.54 bits per heavy atom.